The quantitative estimate of drug-likeness (QED) is 0.713. The molecule has 1 aliphatic rings. The van der Waals surface area contributed by atoms with Crippen LogP contribution in [0.3, 0.4) is 0 Å². The summed E-state index contributed by atoms with van der Waals surface area (Å²) >= 11 is 0. The molecule has 1 rings (SSSR count). The first kappa shape index (κ1) is 13.9. The van der Waals surface area contributed by atoms with E-state index in [4.69, 9.17) is 5.11 Å². The molecule has 0 aromatic heterocycles. The third kappa shape index (κ3) is 4.01. The van der Waals surface area contributed by atoms with Gasteiger partial charge in [-0.15, -0.1) is 0 Å². The molecule has 0 spiro atoms. The predicted octanol–water partition coefficient (Wildman–Crippen LogP) is 0.325. The summed E-state index contributed by atoms with van der Waals surface area (Å²) < 4.78 is 27.8. The minimum atomic E-state index is -3.31. The van der Waals surface area contributed by atoms with Crippen LogP contribution in [0.25, 0.3) is 0 Å². The highest BCUT2D eigenvalue weighted by Crippen LogP contribution is 2.19. The largest absolute Gasteiger partial charge is 0.396 e. The van der Waals surface area contributed by atoms with Crippen LogP contribution in [-0.2, 0) is 10.2 Å². The fourth-order valence-corrected chi connectivity index (χ4v) is 3.19. The topological polar surface area (TPSA) is 69.6 Å². The average molecular weight is 250 g/mol. The van der Waals surface area contributed by atoms with Crippen molar-refractivity contribution < 1.29 is 13.5 Å². The van der Waals surface area contributed by atoms with Crippen LogP contribution in [0, 0.1) is 5.41 Å². The predicted molar refractivity (Wildman–Crippen MR) is 63.2 cm³/mol. The number of hydrogen-bond acceptors (Lipinski definition) is 3. The normalized spacial score (nSPS) is 19.2. The Balaban J connectivity index is 2.47. The lowest BCUT2D eigenvalue weighted by Crippen LogP contribution is -2.43. The molecule has 16 heavy (non-hydrogen) atoms. The molecule has 0 aromatic rings. The van der Waals surface area contributed by atoms with Crippen molar-refractivity contribution in [3.63, 3.8) is 0 Å². The first-order valence-corrected chi connectivity index (χ1v) is 7.17. The molecule has 1 fully saturated rings. The lowest BCUT2D eigenvalue weighted by Gasteiger charge is -2.25. The van der Waals surface area contributed by atoms with Gasteiger partial charge in [-0.3, -0.25) is 0 Å². The van der Waals surface area contributed by atoms with Crippen molar-refractivity contribution in [2.75, 3.05) is 26.2 Å². The van der Waals surface area contributed by atoms with Crippen molar-refractivity contribution in [3.8, 4) is 0 Å². The average Bonchev–Trinajstić information content (AvgIpc) is 2.68. The summed E-state index contributed by atoms with van der Waals surface area (Å²) in [4.78, 5) is 0. The van der Waals surface area contributed by atoms with Crippen molar-refractivity contribution in [2.24, 2.45) is 5.41 Å². The maximum Gasteiger partial charge on any atom is 0.279 e. The van der Waals surface area contributed by atoms with Gasteiger partial charge in [0.2, 0.25) is 0 Å². The van der Waals surface area contributed by atoms with E-state index in [0.717, 1.165) is 12.8 Å². The minimum absolute atomic E-state index is 0.0818. The van der Waals surface area contributed by atoms with E-state index in [1.807, 2.05) is 13.8 Å². The van der Waals surface area contributed by atoms with Crippen LogP contribution < -0.4 is 4.72 Å². The molecular formula is C10H22N2O3S. The molecule has 1 heterocycles. The lowest BCUT2D eigenvalue weighted by molar-refractivity contribution is 0.212. The lowest BCUT2D eigenvalue weighted by atomic mass is 9.90. The molecule has 0 amide bonds. The number of aliphatic hydroxyl groups is 1. The number of rotatable bonds is 6. The Morgan fingerprint density at radius 1 is 1.31 bits per heavy atom. The second-order valence-corrected chi connectivity index (χ2v) is 6.83. The second-order valence-electron chi connectivity index (χ2n) is 5.07. The van der Waals surface area contributed by atoms with E-state index in [1.165, 1.54) is 4.31 Å². The third-order valence-corrected chi connectivity index (χ3v) is 4.48. The van der Waals surface area contributed by atoms with Gasteiger partial charge in [0.05, 0.1) is 0 Å². The summed E-state index contributed by atoms with van der Waals surface area (Å²) in [5, 5.41) is 8.86. The Morgan fingerprint density at radius 3 is 2.38 bits per heavy atom. The van der Waals surface area contributed by atoms with E-state index in [9.17, 15) is 8.42 Å². The number of nitrogens with one attached hydrogen (secondary N) is 1. The molecule has 0 atom stereocenters. The number of aliphatic hydroxyl groups excluding tert-OH is 1. The Bertz CT molecular complexity index is 308. The highest BCUT2D eigenvalue weighted by atomic mass is 32.2. The van der Waals surface area contributed by atoms with Crippen molar-refractivity contribution in [1.29, 1.82) is 0 Å². The van der Waals surface area contributed by atoms with Crippen molar-refractivity contribution >= 4 is 10.2 Å². The van der Waals surface area contributed by atoms with Gasteiger partial charge in [-0.1, -0.05) is 13.8 Å². The summed E-state index contributed by atoms with van der Waals surface area (Å²) in [6.45, 7) is 5.57. The summed E-state index contributed by atoms with van der Waals surface area (Å²) in [6, 6.07) is 0. The zero-order valence-corrected chi connectivity index (χ0v) is 10.9. The molecule has 0 aliphatic carbocycles. The molecule has 5 nitrogen and oxygen atoms in total. The Labute approximate surface area is 98.0 Å². The first-order valence-electron chi connectivity index (χ1n) is 5.73. The first-order chi connectivity index (χ1) is 7.37. The molecule has 2 N–H and O–H groups in total. The standard InChI is InChI=1S/C10H22N2O3S/c1-10(2,5-8-13)9-11-16(14,15)12-6-3-4-7-12/h11,13H,3-9H2,1-2H3. The van der Waals surface area contributed by atoms with E-state index in [2.05, 4.69) is 4.72 Å². The number of hydrogen-bond donors (Lipinski definition) is 2. The summed E-state index contributed by atoms with van der Waals surface area (Å²) in [5.74, 6) is 0. The monoisotopic (exact) mass is 250 g/mol. The second kappa shape index (κ2) is 5.44. The van der Waals surface area contributed by atoms with E-state index in [1.54, 1.807) is 0 Å². The van der Waals surface area contributed by atoms with Crippen molar-refractivity contribution in [2.45, 2.75) is 33.1 Å². The Morgan fingerprint density at radius 2 is 1.88 bits per heavy atom. The molecule has 1 aliphatic heterocycles. The molecule has 96 valence electrons. The molecule has 0 bridgehead atoms. The molecular weight excluding hydrogens is 228 g/mol. The van der Waals surface area contributed by atoms with Crippen molar-refractivity contribution in [1.82, 2.24) is 9.03 Å². The zero-order valence-electron chi connectivity index (χ0n) is 10.1. The minimum Gasteiger partial charge on any atom is -0.396 e. The Kier molecular flexibility index (Phi) is 4.73. The molecule has 6 heteroatoms. The molecule has 0 saturated carbocycles. The summed E-state index contributed by atoms with van der Waals surface area (Å²) in [7, 11) is -3.31. The van der Waals surface area contributed by atoms with E-state index in [0.29, 0.717) is 26.1 Å². The van der Waals surface area contributed by atoms with Crippen LogP contribution in [0.4, 0.5) is 0 Å². The fourth-order valence-electron chi connectivity index (χ4n) is 1.70. The van der Waals surface area contributed by atoms with E-state index >= 15 is 0 Å². The van der Waals surface area contributed by atoms with Crippen LogP contribution in [-0.4, -0.2) is 44.1 Å². The summed E-state index contributed by atoms with van der Waals surface area (Å²) in [6.07, 6.45) is 2.48. The molecule has 1 saturated heterocycles. The van der Waals surface area contributed by atoms with Crippen LogP contribution in [0.2, 0.25) is 0 Å². The zero-order chi connectivity index (χ0) is 12.2. The summed E-state index contributed by atoms with van der Waals surface area (Å²) in [5.41, 5.74) is -0.207. The van der Waals surface area contributed by atoms with Gasteiger partial charge in [0.1, 0.15) is 0 Å². The highest BCUT2D eigenvalue weighted by molar-refractivity contribution is 7.87. The maximum atomic E-state index is 11.8. The van der Waals surface area contributed by atoms with Gasteiger partial charge in [0.25, 0.3) is 10.2 Å². The van der Waals surface area contributed by atoms with Gasteiger partial charge in [0.15, 0.2) is 0 Å². The SMILES string of the molecule is CC(C)(CCO)CNS(=O)(=O)N1CCCC1. The van der Waals surface area contributed by atoms with Gasteiger partial charge in [-0.2, -0.15) is 12.7 Å². The highest BCUT2D eigenvalue weighted by Gasteiger charge is 2.27. The number of nitrogens with zero attached hydrogens (tertiary/aromatic N) is 1. The Hall–Kier alpha value is -0.170. The van der Waals surface area contributed by atoms with Gasteiger partial charge >= 0.3 is 0 Å². The van der Waals surface area contributed by atoms with Crippen LogP contribution in [0.5, 0.6) is 0 Å². The molecule has 0 unspecified atom stereocenters. The van der Waals surface area contributed by atoms with Crippen LogP contribution in [0.15, 0.2) is 0 Å². The van der Waals surface area contributed by atoms with Crippen LogP contribution in [0.1, 0.15) is 33.1 Å². The fraction of sp³-hybridized carbons (Fsp3) is 1.00. The van der Waals surface area contributed by atoms with E-state index < -0.39 is 10.2 Å². The smallest absolute Gasteiger partial charge is 0.279 e. The van der Waals surface area contributed by atoms with Crippen molar-refractivity contribution in [3.05, 3.63) is 0 Å². The van der Waals surface area contributed by atoms with Gasteiger partial charge < -0.3 is 5.11 Å². The maximum absolute atomic E-state index is 11.8. The third-order valence-electron chi connectivity index (χ3n) is 2.93. The molecule has 0 aromatic carbocycles. The molecule has 0 radical (unpaired) electrons. The van der Waals surface area contributed by atoms with Gasteiger partial charge in [-0.25, -0.2) is 4.72 Å². The van der Waals surface area contributed by atoms with Gasteiger partial charge in [0, 0.05) is 26.2 Å². The van der Waals surface area contributed by atoms with E-state index in [-0.39, 0.29) is 12.0 Å². The van der Waals surface area contributed by atoms with Crippen LogP contribution >= 0.6 is 0 Å². The van der Waals surface area contributed by atoms with Gasteiger partial charge in [-0.05, 0) is 24.7 Å².